The van der Waals surface area contributed by atoms with E-state index < -0.39 is 0 Å². The molecule has 1 saturated carbocycles. The first kappa shape index (κ1) is 18.9. The molecule has 0 radical (unpaired) electrons. The molecule has 0 aromatic heterocycles. The van der Waals surface area contributed by atoms with Crippen LogP contribution in [-0.2, 0) is 0 Å². The van der Waals surface area contributed by atoms with Crippen LogP contribution in [0.4, 0.5) is 4.39 Å². The van der Waals surface area contributed by atoms with Gasteiger partial charge in [0.2, 0.25) is 0 Å². The van der Waals surface area contributed by atoms with E-state index in [-0.39, 0.29) is 11.9 Å². The zero-order valence-electron chi connectivity index (χ0n) is 15.9. The van der Waals surface area contributed by atoms with Crippen molar-refractivity contribution in [2.45, 2.75) is 64.4 Å². The van der Waals surface area contributed by atoms with Crippen molar-refractivity contribution >= 4 is 0 Å². The molecule has 0 bridgehead atoms. The molecule has 2 aromatic rings. The van der Waals surface area contributed by atoms with Crippen molar-refractivity contribution in [3.8, 4) is 5.75 Å². The molecule has 1 fully saturated rings. The third-order valence-electron chi connectivity index (χ3n) is 5.76. The largest absolute Gasteiger partial charge is 0.486 e. The fraction of sp³-hybridized carbons (Fsp3) is 0.500. The van der Waals surface area contributed by atoms with E-state index in [1.165, 1.54) is 62.6 Å². The monoisotopic (exact) mass is 354 g/mol. The maximum atomic E-state index is 13.2. The second kappa shape index (κ2) is 9.75. The number of rotatable bonds is 8. The lowest BCUT2D eigenvalue weighted by Gasteiger charge is -2.29. The number of benzene rings is 2. The third-order valence-corrected chi connectivity index (χ3v) is 5.76. The predicted octanol–water partition coefficient (Wildman–Crippen LogP) is 7.33. The average Bonchev–Trinajstić information content (AvgIpc) is 2.69. The van der Waals surface area contributed by atoms with Gasteiger partial charge in [-0.25, -0.2) is 4.39 Å². The Balaban J connectivity index is 1.58. The zero-order valence-corrected chi connectivity index (χ0v) is 15.9. The topological polar surface area (TPSA) is 9.23 Å². The lowest BCUT2D eigenvalue weighted by Crippen LogP contribution is -2.16. The molecular weight excluding hydrogens is 323 g/mol. The van der Waals surface area contributed by atoms with Gasteiger partial charge < -0.3 is 4.74 Å². The van der Waals surface area contributed by atoms with Gasteiger partial charge in [0.25, 0.3) is 0 Å². The molecule has 0 amide bonds. The van der Waals surface area contributed by atoms with Gasteiger partial charge in [-0.15, -0.1) is 0 Å². The van der Waals surface area contributed by atoms with E-state index in [2.05, 4.69) is 31.2 Å². The Bertz CT molecular complexity index is 629. The van der Waals surface area contributed by atoms with Crippen LogP contribution in [0, 0.1) is 17.7 Å². The molecule has 140 valence electrons. The first-order valence-electron chi connectivity index (χ1n) is 10.2. The molecule has 1 atom stereocenters. The molecule has 0 spiro atoms. The van der Waals surface area contributed by atoms with Gasteiger partial charge in [0, 0.05) is 0 Å². The van der Waals surface area contributed by atoms with Crippen LogP contribution in [0.3, 0.4) is 0 Å². The molecule has 1 aliphatic rings. The fourth-order valence-corrected chi connectivity index (χ4v) is 4.24. The Morgan fingerprint density at radius 2 is 1.50 bits per heavy atom. The van der Waals surface area contributed by atoms with Gasteiger partial charge in [0.1, 0.15) is 17.7 Å². The second-order valence-corrected chi connectivity index (χ2v) is 7.72. The van der Waals surface area contributed by atoms with Crippen molar-refractivity contribution in [3.63, 3.8) is 0 Å². The van der Waals surface area contributed by atoms with Crippen molar-refractivity contribution in [2.24, 2.45) is 11.8 Å². The number of hydrogen-bond donors (Lipinski definition) is 0. The highest BCUT2D eigenvalue weighted by molar-refractivity contribution is 5.25. The molecular formula is C24H31FO. The van der Waals surface area contributed by atoms with E-state index in [0.717, 1.165) is 24.0 Å². The summed E-state index contributed by atoms with van der Waals surface area (Å²) in [6.07, 6.45) is 10.5. The average molecular weight is 355 g/mol. The molecule has 2 aromatic carbocycles. The molecule has 1 nitrogen and oxygen atoms in total. The maximum absolute atomic E-state index is 13.2. The van der Waals surface area contributed by atoms with Crippen LogP contribution in [0.15, 0.2) is 54.6 Å². The van der Waals surface area contributed by atoms with E-state index in [4.69, 9.17) is 4.74 Å². The van der Waals surface area contributed by atoms with Crippen LogP contribution in [-0.4, -0.2) is 0 Å². The SMILES string of the molecule is CCCC1CCC(CCC(Oc2ccc(F)cc2)c2ccccc2)CC1. The smallest absolute Gasteiger partial charge is 0.124 e. The summed E-state index contributed by atoms with van der Waals surface area (Å²) in [5, 5.41) is 0. The molecule has 2 heteroatoms. The van der Waals surface area contributed by atoms with Gasteiger partial charge in [-0.2, -0.15) is 0 Å². The van der Waals surface area contributed by atoms with Crippen LogP contribution in [0.5, 0.6) is 5.75 Å². The Labute approximate surface area is 157 Å². The van der Waals surface area contributed by atoms with Crippen LogP contribution in [0.2, 0.25) is 0 Å². The van der Waals surface area contributed by atoms with Gasteiger partial charge in [-0.1, -0.05) is 75.8 Å². The molecule has 3 rings (SSSR count). The van der Waals surface area contributed by atoms with Crippen LogP contribution in [0.1, 0.15) is 70.0 Å². The summed E-state index contributed by atoms with van der Waals surface area (Å²) in [5.41, 5.74) is 1.21. The third kappa shape index (κ3) is 5.59. The highest BCUT2D eigenvalue weighted by Crippen LogP contribution is 2.36. The van der Waals surface area contributed by atoms with Crippen molar-refractivity contribution < 1.29 is 9.13 Å². The lowest BCUT2D eigenvalue weighted by atomic mass is 9.78. The minimum atomic E-state index is -0.225. The van der Waals surface area contributed by atoms with Crippen molar-refractivity contribution in [3.05, 3.63) is 66.0 Å². The number of ether oxygens (including phenoxy) is 1. The van der Waals surface area contributed by atoms with Gasteiger partial charge in [0.05, 0.1) is 0 Å². The zero-order chi connectivity index (χ0) is 18.2. The summed E-state index contributed by atoms with van der Waals surface area (Å²) in [6, 6.07) is 16.8. The quantitative estimate of drug-likeness (QED) is 0.482. The Hall–Kier alpha value is -1.83. The summed E-state index contributed by atoms with van der Waals surface area (Å²) >= 11 is 0. The minimum Gasteiger partial charge on any atom is -0.486 e. The van der Waals surface area contributed by atoms with Crippen LogP contribution < -0.4 is 4.74 Å². The molecule has 1 unspecified atom stereocenters. The summed E-state index contributed by atoms with van der Waals surface area (Å²) in [7, 11) is 0. The van der Waals surface area contributed by atoms with E-state index in [9.17, 15) is 4.39 Å². The minimum absolute atomic E-state index is 0.0371. The highest BCUT2D eigenvalue weighted by Gasteiger charge is 2.22. The Morgan fingerprint density at radius 1 is 0.885 bits per heavy atom. The number of halogens is 1. The molecule has 0 aliphatic heterocycles. The van der Waals surface area contributed by atoms with Gasteiger partial charge in [0.15, 0.2) is 0 Å². The fourth-order valence-electron chi connectivity index (χ4n) is 4.24. The summed E-state index contributed by atoms with van der Waals surface area (Å²) in [4.78, 5) is 0. The van der Waals surface area contributed by atoms with E-state index >= 15 is 0 Å². The van der Waals surface area contributed by atoms with Crippen molar-refractivity contribution in [1.29, 1.82) is 0 Å². The standard InChI is InChI=1S/C24H31FO/c1-2-6-19-9-11-20(12-10-19)13-18-24(21-7-4-3-5-8-21)26-23-16-14-22(25)15-17-23/h3-5,7-8,14-17,19-20,24H,2,6,9-13,18H2,1H3. The maximum Gasteiger partial charge on any atom is 0.124 e. The summed E-state index contributed by atoms with van der Waals surface area (Å²) < 4.78 is 19.4. The van der Waals surface area contributed by atoms with Crippen molar-refractivity contribution in [2.75, 3.05) is 0 Å². The molecule has 0 saturated heterocycles. The second-order valence-electron chi connectivity index (χ2n) is 7.72. The summed E-state index contributed by atoms with van der Waals surface area (Å²) in [6.45, 7) is 2.29. The van der Waals surface area contributed by atoms with Gasteiger partial charge in [-0.05, 0) is 54.5 Å². The highest BCUT2D eigenvalue weighted by atomic mass is 19.1. The molecule has 0 heterocycles. The summed E-state index contributed by atoms with van der Waals surface area (Å²) in [5.74, 6) is 2.30. The van der Waals surface area contributed by atoms with Crippen molar-refractivity contribution in [1.82, 2.24) is 0 Å². The van der Waals surface area contributed by atoms with E-state index in [1.54, 1.807) is 12.1 Å². The Morgan fingerprint density at radius 3 is 2.12 bits per heavy atom. The van der Waals surface area contributed by atoms with Gasteiger partial charge >= 0.3 is 0 Å². The van der Waals surface area contributed by atoms with E-state index in [0.29, 0.717) is 0 Å². The first-order chi connectivity index (χ1) is 12.7. The first-order valence-corrected chi connectivity index (χ1v) is 10.2. The molecule has 1 aliphatic carbocycles. The predicted molar refractivity (Wildman–Crippen MR) is 106 cm³/mol. The Kier molecular flexibility index (Phi) is 7.11. The van der Waals surface area contributed by atoms with E-state index in [1.807, 2.05) is 6.07 Å². The lowest BCUT2D eigenvalue weighted by molar-refractivity contribution is 0.168. The van der Waals surface area contributed by atoms with Crippen LogP contribution in [0.25, 0.3) is 0 Å². The molecule has 0 N–H and O–H groups in total. The number of hydrogen-bond acceptors (Lipinski definition) is 1. The normalized spacial score (nSPS) is 21.3. The molecule has 26 heavy (non-hydrogen) atoms. The van der Waals surface area contributed by atoms with Gasteiger partial charge in [-0.3, -0.25) is 0 Å². The van der Waals surface area contributed by atoms with Crippen LogP contribution >= 0.6 is 0 Å².